The molecule has 2 aliphatic heterocycles. The lowest BCUT2D eigenvalue weighted by Gasteiger charge is -2.38. The summed E-state index contributed by atoms with van der Waals surface area (Å²) in [6, 6.07) is 6.04. The number of hydrogen-bond donors (Lipinski definition) is 0. The fourth-order valence-electron chi connectivity index (χ4n) is 3.47. The van der Waals surface area contributed by atoms with Crippen LogP contribution in [0.1, 0.15) is 23.6 Å². The third-order valence-corrected chi connectivity index (χ3v) is 4.90. The van der Waals surface area contributed by atoms with Gasteiger partial charge in [0.25, 0.3) is 0 Å². The van der Waals surface area contributed by atoms with E-state index in [1.807, 2.05) is 18.9 Å². The molecule has 3 amide bonds. The molecule has 2 fully saturated rings. The highest BCUT2D eigenvalue weighted by molar-refractivity contribution is 5.89. The van der Waals surface area contributed by atoms with Gasteiger partial charge in [-0.3, -0.25) is 4.79 Å². The lowest BCUT2D eigenvalue weighted by molar-refractivity contribution is -0.139. The van der Waals surface area contributed by atoms with Crippen LogP contribution in [-0.2, 0) is 11.3 Å². The molecule has 0 N–H and O–H groups in total. The van der Waals surface area contributed by atoms with Crippen LogP contribution >= 0.6 is 0 Å². The standard InChI is InChI=1S/C17H23N3O2/c1-11-5-6-14(7-12(11)2)8-19-10-15-9-18(4)16(21)13(3)20(15)17(19)22/h5-7,13,15H,8-10H2,1-4H3/t13-,15-/m0/s1. The Morgan fingerprint density at radius 3 is 2.55 bits per heavy atom. The zero-order valence-corrected chi connectivity index (χ0v) is 13.7. The van der Waals surface area contributed by atoms with Crippen molar-refractivity contribution < 1.29 is 9.59 Å². The lowest BCUT2D eigenvalue weighted by Crippen LogP contribution is -2.58. The molecule has 2 saturated heterocycles. The number of nitrogens with zero attached hydrogens (tertiary/aromatic N) is 3. The van der Waals surface area contributed by atoms with Crippen LogP contribution in [0.15, 0.2) is 18.2 Å². The maximum absolute atomic E-state index is 12.6. The predicted octanol–water partition coefficient (Wildman–Crippen LogP) is 1.77. The molecule has 1 aromatic rings. The Hall–Kier alpha value is -2.04. The third kappa shape index (κ3) is 2.34. The summed E-state index contributed by atoms with van der Waals surface area (Å²) >= 11 is 0. The zero-order chi connectivity index (χ0) is 16.0. The largest absolute Gasteiger partial charge is 0.342 e. The van der Waals surface area contributed by atoms with E-state index in [1.54, 1.807) is 9.80 Å². The highest BCUT2D eigenvalue weighted by Gasteiger charge is 2.46. The van der Waals surface area contributed by atoms with E-state index in [9.17, 15) is 9.59 Å². The van der Waals surface area contributed by atoms with Crippen molar-refractivity contribution >= 4 is 11.9 Å². The smallest absolute Gasteiger partial charge is 0.321 e. The number of rotatable bonds is 2. The minimum Gasteiger partial charge on any atom is -0.342 e. The number of aryl methyl sites for hydroxylation is 2. The molecule has 2 heterocycles. The minimum atomic E-state index is -0.360. The van der Waals surface area contributed by atoms with Gasteiger partial charge in [0, 0.05) is 26.7 Å². The van der Waals surface area contributed by atoms with Gasteiger partial charge in [-0.05, 0) is 37.5 Å². The van der Waals surface area contributed by atoms with E-state index < -0.39 is 0 Å². The summed E-state index contributed by atoms with van der Waals surface area (Å²) in [4.78, 5) is 30.1. The molecule has 3 rings (SSSR count). The van der Waals surface area contributed by atoms with Gasteiger partial charge in [0.15, 0.2) is 0 Å². The van der Waals surface area contributed by atoms with Crippen LogP contribution in [0.2, 0.25) is 0 Å². The molecule has 0 bridgehead atoms. The second kappa shape index (κ2) is 5.30. The number of fused-ring (bicyclic) bond motifs is 1. The second-order valence-corrected chi connectivity index (χ2v) is 6.54. The van der Waals surface area contributed by atoms with Crippen molar-refractivity contribution in [2.75, 3.05) is 20.1 Å². The Morgan fingerprint density at radius 1 is 1.14 bits per heavy atom. The fraction of sp³-hybridized carbons (Fsp3) is 0.529. The quantitative estimate of drug-likeness (QED) is 0.835. The van der Waals surface area contributed by atoms with E-state index in [-0.39, 0.29) is 24.0 Å². The molecular formula is C17H23N3O2. The first-order valence-corrected chi connectivity index (χ1v) is 7.77. The summed E-state index contributed by atoms with van der Waals surface area (Å²) in [5.74, 6) is 0.0256. The molecule has 0 unspecified atom stereocenters. The molecule has 0 spiro atoms. The molecule has 0 aliphatic carbocycles. The molecule has 118 valence electrons. The van der Waals surface area contributed by atoms with Crippen LogP contribution in [0.3, 0.4) is 0 Å². The van der Waals surface area contributed by atoms with Crippen LogP contribution in [0.25, 0.3) is 0 Å². The van der Waals surface area contributed by atoms with Crippen LogP contribution in [0.5, 0.6) is 0 Å². The fourth-order valence-corrected chi connectivity index (χ4v) is 3.47. The Balaban J connectivity index is 1.78. The Labute approximate surface area is 131 Å². The number of hydrogen-bond acceptors (Lipinski definition) is 2. The number of carbonyl (C=O) groups excluding carboxylic acids is 2. The third-order valence-electron chi connectivity index (χ3n) is 4.90. The van der Waals surface area contributed by atoms with Gasteiger partial charge in [0.05, 0.1) is 6.04 Å². The maximum atomic E-state index is 12.6. The molecule has 22 heavy (non-hydrogen) atoms. The average Bonchev–Trinajstić information content (AvgIpc) is 2.77. The van der Waals surface area contributed by atoms with Gasteiger partial charge in [-0.15, -0.1) is 0 Å². The highest BCUT2D eigenvalue weighted by atomic mass is 16.2. The van der Waals surface area contributed by atoms with Crippen molar-refractivity contribution in [1.82, 2.24) is 14.7 Å². The molecule has 2 atom stereocenters. The molecule has 1 aromatic carbocycles. The number of likely N-dealkylation sites (N-methyl/N-ethyl adjacent to an activating group) is 1. The van der Waals surface area contributed by atoms with E-state index in [0.717, 1.165) is 5.56 Å². The number of carbonyl (C=O) groups is 2. The van der Waals surface area contributed by atoms with Gasteiger partial charge in [-0.2, -0.15) is 0 Å². The van der Waals surface area contributed by atoms with Crippen molar-refractivity contribution in [3.8, 4) is 0 Å². The van der Waals surface area contributed by atoms with Gasteiger partial charge in [0.2, 0.25) is 5.91 Å². The topological polar surface area (TPSA) is 43.9 Å². The van der Waals surface area contributed by atoms with E-state index in [4.69, 9.17) is 0 Å². The van der Waals surface area contributed by atoms with Gasteiger partial charge in [-0.25, -0.2) is 4.79 Å². The number of urea groups is 1. The van der Waals surface area contributed by atoms with Crippen molar-refractivity contribution in [3.05, 3.63) is 34.9 Å². The van der Waals surface area contributed by atoms with Crippen molar-refractivity contribution in [2.24, 2.45) is 0 Å². The summed E-state index contributed by atoms with van der Waals surface area (Å²) in [6.45, 7) is 7.92. The Morgan fingerprint density at radius 2 is 1.86 bits per heavy atom. The van der Waals surface area contributed by atoms with E-state index in [1.165, 1.54) is 11.1 Å². The highest BCUT2D eigenvalue weighted by Crippen LogP contribution is 2.26. The van der Waals surface area contributed by atoms with E-state index in [2.05, 4.69) is 32.0 Å². The minimum absolute atomic E-state index is 0.0165. The first kappa shape index (κ1) is 14.9. The summed E-state index contributed by atoms with van der Waals surface area (Å²) < 4.78 is 0. The van der Waals surface area contributed by atoms with Gasteiger partial charge in [-0.1, -0.05) is 18.2 Å². The summed E-state index contributed by atoms with van der Waals surface area (Å²) in [5.41, 5.74) is 3.64. The molecule has 0 aromatic heterocycles. The predicted molar refractivity (Wildman–Crippen MR) is 84.4 cm³/mol. The molecule has 0 saturated carbocycles. The number of amides is 3. The SMILES string of the molecule is Cc1ccc(CN2C[C@@H]3CN(C)C(=O)[C@H](C)N3C2=O)cc1C. The Kier molecular flexibility index (Phi) is 3.59. The number of benzene rings is 1. The zero-order valence-electron chi connectivity index (χ0n) is 13.7. The second-order valence-electron chi connectivity index (χ2n) is 6.54. The number of piperazine rings is 1. The average molecular weight is 301 g/mol. The first-order chi connectivity index (χ1) is 10.4. The molecule has 5 heteroatoms. The van der Waals surface area contributed by atoms with Crippen LogP contribution < -0.4 is 0 Å². The van der Waals surface area contributed by atoms with Crippen LogP contribution in [0, 0.1) is 13.8 Å². The summed E-state index contributed by atoms with van der Waals surface area (Å²) in [7, 11) is 1.81. The lowest BCUT2D eigenvalue weighted by atomic mass is 10.1. The monoisotopic (exact) mass is 301 g/mol. The molecule has 2 aliphatic rings. The van der Waals surface area contributed by atoms with Crippen LogP contribution in [-0.4, -0.2) is 58.9 Å². The van der Waals surface area contributed by atoms with Gasteiger partial charge in [0.1, 0.15) is 6.04 Å². The molecule has 5 nitrogen and oxygen atoms in total. The molecular weight excluding hydrogens is 278 g/mol. The first-order valence-electron chi connectivity index (χ1n) is 7.77. The van der Waals surface area contributed by atoms with Crippen LogP contribution in [0.4, 0.5) is 4.79 Å². The van der Waals surface area contributed by atoms with Gasteiger partial charge < -0.3 is 14.7 Å². The van der Waals surface area contributed by atoms with E-state index in [0.29, 0.717) is 19.6 Å². The van der Waals surface area contributed by atoms with Crippen molar-refractivity contribution in [1.29, 1.82) is 0 Å². The van der Waals surface area contributed by atoms with Crippen molar-refractivity contribution in [2.45, 2.75) is 39.4 Å². The van der Waals surface area contributed by atoms with Gasteiger partial charge >= 0.3 is 6.03 Å². The molecule has 0 radical (unpaired) electrons. The maximum Gasteiger partial charge on any atom is 0.321 e. The van der Waals surface area contributed by atoms with Crippen molar-refractivity contribution in [3.63, 3.8) is 0 Å². The summed E-state index contributed by atoms with van der Waals surface area (Å²) in [6.07, 6.45) is 0. The summed E-state index contributed by atoms with van der Waals surface area (Å²) in [5, 5.41) is 0. The normalized spacial score (nSPS) is 25.0. The Bertz CT molecular complexity index is 628. The van der Waals surface area contributed by atoms with E-state index >= 15 is 0 Å².